The Labute approximate surface area is 117 Å². The van der Waals surface area contributed by atoms with Crippen LogP contribution in [0.2, 0.25) is 5.02 Å². The number of rotatable bonds is 3. The summed E-state index contributed by atoms with van der Waals surface area (Å²) < 4.78 is 11.5. The molecule has 19 heavy (non-hydrogen) atoms. The molecule has 1 saturated heterocycles. The maximum Gasteiger partial charge on any atom is 0.341 e. The first-order valence-corrected chi connectivity index (χ1v) is 6.69. The summed E-state index contributed by atoms with van der Waals surface area (Å²) in [6.07, 6.45) is 1.67. The Morgan fingerprint density at radius 1 is 1.37 bits per heavy atom. The molecule has 0 saturated carbocycles. The molecule has 0 aromatic heterocycles. The molecular formula is C14H17ClO4. The van der Waals surface area contributed by atoms with Crippen molar-refractivity contribution < 1.29 is 19.4 Å². The van der Waals surface area contributed by atoms with Gasteiger partial charge in [-0.15, -0.1) is 0 Å². The molecule has 0 aliphatic carbocycles. The van der Waals surface area contributed by atoms with Crippen LogP contribution in [0.3, 0.4) is 0 Å². The molecule has 0 spiro atoms. The van der Waals surface area contributed by atoms with Gasteiger partial charge in [0.05, 0.1) is 17.2 Å². The molecule has 1 aliphatic heterocycles. The number of halogens is 1. The van der Waals surface area contributed by atoms with Gasteiger partial charge in [0.15, 0.2) is 0 Å². The van der Waals surface area contributed by atoms with Gasteiger partial charge in [0.1, 0.15) is 17.4 Å². The predicted octanol–water partition coefficient (Wildman–Crippen LogP) is 3.37. The van der Waals surface area contributed by atoms with Crippen molar-refractivity contribution in [1.82, 2.24) is 0 Å². The first kappa shape index (κ1) is 14.2. The van der Waals surface area contributed by atoms with Gasteiger partial charge in [0.2, 0.25) is 0 Å². The third-order valence-electron chi connectivity index (χ3n) is 3.14. The molecular weight excluding hydrogens is 268 g/mol. The van der Waals surface area contributed by atoms with Gasteiger partial charge in [0, 0.05) is 12.8 Å². The van der Waals surface area contributed by atoms with Gasteiger partial charge in [-0.1, -0.05) is 17.7 Å². The molecule has 1 aliphatic rings. The number of ether oxygens (including phenoxy) is 2. The van der Waals surface area contributed by atoms with E-state index in [9.17, 15) is 9.90 Å². The maximum absolute atomic E-state index is 11.2. The Bertz CT molecular complexity index is 465. The van der Waals surface area contributed by atoms with Crippen LogP contribution in [0, 0.1) is 0 Å². The van der Waals surface area contributed by atoms with E-state index in [1.165, 1.54) is 0 Å². The molecule has 4 nitrogen and oxygen atoms in total. The van der Waals surface area contributed by atoms with Gasteiger partial charge < -0.3 is 14.6 Å². The van der Waals surface area contributed by atoms with Gasteiger partial charge in [0.25, 0.3) is 0 Å². The van der Waals surface area contributed by atoms with Crippen LogP contribution in [0.4, 0.5) is 0 Å². The van der Waals surface area contributed by atoms with Crippen LogP contribution in [-0.2, 0) is 4.74 Å². The lowest BCUT2D eigenvalue weighted by Gasteiger charge is -2.32. The summed E-state index contributed by atoms with van der Waals surface area (Å²) in [5.41, 5.74) is 0.0240. The van der Waals surface area contributed by atoms with Gasteiger partial charge in [-0.3, -0.25) is 0 Å². The molecule has 2 rings (SSSR count). The van der Waals surface area contributed by atoms with Gasteiger partial charge in [-0.05, 0) is 26.0 Å². The molecule has 1 fully saturated rings. The molecule has 1 aromatic rings. The van der Waals surface area contributed by atoms with Crippen LogP contribution in [0.5, 0.6) is 5.75 Å². The molecule has 2 unspecified atom stereocenters. The molecule has 1 heterocycles. The van der Waals surface area contributed by atoms with E-state index in [1.54, 1.807) is 18.2 Å². The third kappa shape index (κ3) is 3.39. The van der Waals surface area contributed by atoms with Gasteiger partial charge in [-0.25, -0.2) is 4.79 Å². The minimum absolute atomic E-state index is 0.0240. The number of benzene rings is 1. The molecule has 0 bridgehead atoms. The van der Waals surface area contributed by atoms with Crippen molar-refractivity contribution in [3.63, 3.8) is 0 Å². The Balaban J connectivity index is 2.19. The monoisotopic (exact) mass is 284 g/mol. The van der Waals surface area contributed by atoms with E-state index < -0.39 is 5.97 Å². The number of hydrogen-bond donors (Lipinski definition) is 1. The zero-order valence-corrected chi connectivity index (χ0v) is 11.7. The average molecular weight is 285 g/mol. The molecule has 0 amide bonds. The van der Waals surface area contributed by atoms with Crippen LogP contribution >= 0.6 is 11.6 Å². The lowest BCUT2D eigenvalue weighted by atomic mass is 10.0. The van der Waals surface area contributed by atoms with Crippen LogP contribution < -0.4 is 4.74 Å². The fourth-order valence-corrected chi connectivity index (χ4v) is 2.68. The van der Waals surface area contributed by atoms with Gasteiger partial charge >= 0.3 is 5.97 Å². The fraction of sp³-hybridized carbons (Fsp3) is 0.500. The standard InChI is InChI=1S/C14H17ClO4/c1-8-6-10(7-9(2)18-8)19-12-5-3-4-11(15)13(12)14(16)17/h3-5,8-10H,6-7H2,1-2H3,(H,16,17). The first-order valence-electron chi connectivity index (χ1n) is 6.31. The highest BCUT2D eigenvalue weighted by Crippen LogP contribution is 2.30. The number of aromatic carboxylic acids is 1. The second-order valence-electron chi connectivity index (χ2n) is 4.89. The molecule has 5 heteroatoms. The van der Waals surface area contributed by atoms with Crippen LogP contribution in [-0.4, -0.2) is 29.4 Å². The first-order chi connectivity index (χ1) is 8.97. The Kier molecular flexibility index (Phi) is 4.32. The maximum atomic E-state index is 11.2. The topological polar surface area (TPSA) is 55.8 Å². The van der Waals surface area contributed by atoms with Crippen molar-refractivity contribution in [2.45, 2.75) is 45.0 Å². The summed E-state index contributed by atoms with van der Waals surface area (Å²) in [5, 5.41) is 9.38. The van der Waals surface area contributed by atoms with Crippen molar-refractivity contribution >= 4 is 17.6 Å². The minimum atomic E-state index is -1.08. The lowest BCUT2D eigenvalue weighted by Crippen LogP contribution is -2.36. The number of carboxylic acids is 1. The predicted molar refractivity (Wildman–Crippen MR) is 72.1 cm³/mol. The van der Waals surface area contributed by atoms with Crippen molar-refractivity contribution in [3.05, 3.63) is 28.8 Å². The van der Waals surface area contributed by atoms with Gasteiger partial charge in [-0.2, -0.15) is 0 Å². The summed E-state index contributed by atoms with van der Waals surface area (Å²) >= 11 is 5.91. The van der Waals surface area contributed by atoms with E-state index in [-0.39, 0.29) is 28.9 Å². The summed E-state index contributed by atoms with van der Waals surface area (Å²) in [6.45, 7) is 3.98. The molecule has 1 N–H and O–H groups in total. The third-order valence-corrected chi connectivity index (χ3v) is 3.45. The van der Waals surface area contributed by atoms with E-state index in [1.807, 2.05) is 13.8 Å². The average Bonchev–Trinajstić information content (AvgIpc) is 2.26. The van der Waals surface area contributed by atoms with Crippen LogP contribution in [0.15, 0.2) is 18.2 Å². The zero-order valence-electron chi connectivity index (χ0n) is 10.9. The normalized spacial score (nSPS) is 27.0. The van der Waals surface area contributed by atoms with Crippen LogP contribution in [0.25, 0.3) is 0 Å². The minimum Gasteiger partial charge on any atom is -0.489 e. The highest BCUT2D eigenvalue weighted by molar-refractivity contribution is 6.33. The molecule has 0 radical (unpaired) electrons. The van der Waals surface area contributed by atoms with E-state index in [2.05, 4.69) is 0 Å². The summed E-state index contributed by atoms with van der Waals surface area (Å²) in [7, 11) is 0. The van der Waals surface area contributed by atoms with Crippen molar-refractivity contribution in [1.29, 1.82) is 0 Å². The number of carbonyl (C=O) groups is 1. The Morgan fingerprint density at radius 2 is 2.00 bits per heavy atom. The van der Waals surface area contributed by atoms with E-state index in [0.29, 0.717) is 5.75 Å². The zero-order chi connectivity index (χ0) is 14.0. The molecule has 104 valence electrons. The highest BCUT2D eigenvalue weighted by Gasteiger charge is 2.27. The van der Waals surface area contributed by atoms with E-state index in [0.717, 1.165) is 12.8 Å². The largest absolute Gasteiger partial charge is 0.489 e. The number of carboxylic acid groups (broad SMARTS) is 1. The molecule has 1 aromatic carbocycles. The summed E-state index contributed by atoms with van der Waals surface area (Å²) in [6, 6.07) is 4.88. The van der Waals surface area contributed by atoms with E-state index in [4.69, 9.17) is 21.1 Å². The quantitative estimate of drug-likeness (QED) is 0.924. The van der Waals surface area contributed by atoms with Crippen molar-refractivity contribution in [2.24, 2.45) is 0 Å². The fourth-order valence-electron chi connectivity index (χ4n) is 2.43. The van der Waals surface area contributed by atoms with Crippen molar-refractivity contribution in [3.8, 4) is 5.75 Å². The Hall–Kier alpha value is -1.26. The molecule has 2 atom stereocenters. The van der Waals surface area contributed by atoms with Crippen LogP contribution in [0.1, 0.15) is 37.0 Å². The smallest absolute Gasteiger partial charge is 0.341 e. The second-order valence-corrected chi connectivity index (χ2v) is 5.29. The SMILES string of the molecule is CC1CC(Oc2cccc(Cl)c2C(=O)O)CC(C)O1. The highest BCUT2D eigenvalue weighted by atomic mass is 35.5. The number of hydrogen-bond acceptors (Lipinski definition) is 3. The van der Waals surface area contributed by atoms with E-state index >= 15 is 0 Å². The lowest BCUT2D eigenvalue weighted by molar-refractivity contribution is -0.0722. The Morgan fingerprint density at radius 3 is 2.58 bits per heavy atom. The second kappa shape index (κ2) is 5.80. The summed E-state index contributed by atoms with van der Waals surface area (Å²) in [4.78, 5) is 11.2. The summed E-state index contributed by atoms with van der Waals surface area (Å²) in [5.74, 6) is -0.750. The van der Waals surface area contributed by atoms with Crippen molar-refractivity contribution in [2.75, 3.05) is 0 Å².